The fourth-order valence-corrected chi connectivity index (χ4v) is 3.62. The lowest BCUT2D eigenvalue weighted by Gasteiger charge is -2.16. The summed E-state index contributed by atoms with van der Waals surface area (Å²) in [6.45, 7) is 0. The second-order valence-electron chi connectivity index (χ2n) is 6.02. The van der Waals surface area contributed by atoms with Gasteiger partial charge >= 0.3 is 0 Å². The molecular formula is C20H15N3O3S. The van der Waals surface area contributed by atoms with E-state index in [0.29, 0.717) is 5.69 Å². The Balaban J connectivity index is 1.96. The molecule has 1 aromatic heterocycles. The molecule has 0 saturated carbocycles. The van der Waals surface area contributed by atoms with E-state index in [1.165, 1.54) is 4.57 Å². The number of nitrogens with two attached hydrogens (primary N) is 1. The number of nitrogen functional groups attached to an aromatic ring is 1. The summed E-state index contributed by atoms with van der Waals surface area (Å²) in [6.07, 6.45) is 2.00. The number of benzene rings is 2. The summed E-state index contributed by atoms with van der Waals surface area (Å²) in [5, 5.41) is 2.18. The molecule has 3 N–H and O–H groups in total. The first kappa shape index (κ1) is 17.1. The van der Waals surface area contributed by atoms with Gasteiger partial charge in [-0.1, -0.05) is 30.3 Å². The van der Waals surface area contributed by atoms with Crippen molar-refractivity contribution in [2.24, 2.45) is 0 Å². The van der Waals surface area contributed by atoms with Crippen LogP contribution in [0.25, 0.3) is 16.8 Å². The predicted octanol–water partition coefficient (Wildman–Crippen LogP) is 2.69. The van der Waals surface area contributed by atoms with Crippen LogP contribution < -0.4 is 16.6 Å². The Morgan fingerprint density at radius 2 is 1.63 bits per heavy atom. The molecule has 0 saturated heterocycles. The van der Waals surface area contributed by atoms with E-state index < -0.39 is 17.4 Å². The zero-order chi connectivity index (χ0) is 19.1. The Morgan fingerprint density at radius 3 is 2.33 bits per heavy atom. The molecule has 0 fully saturated rings. The standard InChI is InChI=1S/C20H15N3O3S/c1-27-12-8-6-11(7-9-12)13-4-2-3-5-15(13)23-16(24)10-14-17(18(23)21)20(26)22-19(14)25/h2-10H,21H2,1H3,(H,22,25,26). The minimum Gasteiger partial charge on any atom is -0.384 e. The molecule has 1 aliphatic heterocycles. The van der Waals surface area contributed by atoms with Crippen LogP contribution in [0.3, 0.4) is 0 Å². The third-order valence-corrected chi connectivity index (χ3v) is 5.24. The van der Waals surface area contributed by atoms with Crippen molar-refractivity contribution < 1.29 is 9.59 Å². The van der Waals surface area contributed by atoms with Crippen LogP contribution in [0, 0.1) is 0 Å². The summed E-state index contributed by atoms with van der Waals surface area (Å²) >= 11 is 1.64. The molecule has 27 heavy (non-hydrogen) atoms. The van der Waals surface area contributed by atoms with E-state index in [4.69, 9.17) is 5.73 Å². The number of nitrogens with one attached hydrogen (secondary N) is 1. The van der Waals surface area contributed by atoms with Gasteiger partial charge in [0.15, 0.2) is 0 Å². The molecule has 1 aliphatic rings. The molecule has 7 heteroatoms. The van der Waals surface area contributed by atoms with E-state index in [0.717, 1.165) is 22.1 Å². The van der Waals surface area contributed by atoms with E-state index >= 15 is 0 Å². The summed E-state index contributed by atoms with van der Waals surface area (Å²) in [5.41, 5.74) is 8.00. The second-order valence-corrected chi connectivity index (χ2v) is 6.90. The van der Waals surface area contributed by atoms with Crippen molar-refractivity contribution >= 4 is 29.4 Å². The van der Waals surface area contributed by atoms with Crippen LogP contribution in [0.5, 0.6) is 0 Å². The number of hydrogen-bond acceptors (Lipinski definition) is 5. The first-order chi connectivity index (χ1) is 13.0. The number of carbonyl (C=O) groups is 2. The van der Waals surface area contributed by atoms with Crippen LogP contribution >= 0.6 is 11.8 Å². The molecule has 0 radical (unpaired) electrons. The molecule has 0 aliphatic carbocycles. The number of fused-ring (bicyclic) bond motifs is 1. The number of nitrogens with zero attached hydrogens (tertiary/aromatic N) is 1. The maximum atomic E-state index is 12.7. The Hall–Kier alpha value is -3.32. The minimum atomic E-state index is -0.605. The van der Waals surface area contributed by atoms with E-state index in [9.17, 15) is 14.4 Å². The van der Waals surface area contributed by atoms with Gasteiger partial charge in [-0.15, -0.1) is 11.8 Å². The average Bonchev–Trinajstić information content (AvgIpc) is 2.96. The van der Waals surface area contributed by atoms with Gasteiger partial charge in [0.1, 0.15) is 5.82 Å². The van der Waals surface area contributed by atoms with Crippen molar-refractivity contribution in [2.45, 2.75) is 4.90 Å². The number of amides is 2. The summed E-state index contributed by atoms with van der Waals surface area (Å²) in [4.78, 5) is 37.8. The predicted molar refractivity (Wildman–Crippen MR) is 105 cm³/mol. The molecule has 3 aromatic rings. The van der Waals surface area contributed by atoms with Crippen molar-refractivity contribution in [3.8, 4) is 16.8 Å². The number of para-hydroxylation sites is 1. The highest BCUT2D eigenvalue weighted by Gasteiger charge is 2.32. The van der Waals surface area contributed by atoms with Crippen LogP contribution in [-0.4, -0.2) is 22.6 Å². The van der Waals surface area contributed by atoms with Gasteiger partial charge in [-0.25, -0.2) is 0 Å². The molecule has 2 heterocycles. The molecule has 0 atom stereocenters. The van der Waals surface area contributed by atoms with Crippen LogP contribution in [0.2, 0.25) is 0 Å². The third-order valence-electron chi connectivity index (χ3n) is 4.50. The van der Waals surface area contributed by atoms with Gasteiger partial charge in [0.25, 0.3) is 17.4 Å². The molecule has 4 rings (SSSR count). The minimum absolute atomic E-state index is 0.0144. The fraction of sp³-hybridized carbons (Fsp3) is 0.0500. The van der Waals surface area contributed by atoms with Crippen molar-refractivity contribution in [1.29, 1.82) is 0 Å². The summed E-state index contributed by atoms with van der Waals surface area (Å²) < 4.78 is 1.27. The number of carbonyl (C=O) groups excluding carboxylic acids is 2. The Labute approximate surface area is 159 Å². The maximum Gasteiger partial charge on any atom is 0.262 e. The van der Waals surface area contributed by atoms with E-state index in [1.54, 1.807) is 23.9 Å². The molecule has 134 valence electrons. The Kier molecular flexibility index (Phi) is 4.08. The van der Waals surface area contributed by atoms with E-state index in [1.807, 2.05) is 42.7 Å². The fourth-order valence-electron chi connectivity index (χ4n) is 3.21. The first-order valence-corrected chi connectivity index (χ1v) is 9.39. The quantitative estimate of drug-likeness (QED) is 0.541. The lowest BCUT2D eigenvalue weighted by atomic mass is 10.0. The topological polar surface area (TPSA) is 94.2 Å². The third kappa shape index (κ3) is 2.72. The molecular weight excluding hydrogens is 362 g/mol. The van der Waals surface area contributed by atoms with Gasteiger partial charge in [-0.3, -0.25) is 24.3 Å². The summed E-state index contributed by atoms with van der Waals surface area (Å²) in [5.74, 6) is -1.25. The molecule has 2 aromatic carbocycles. The van der Waals surface area contributed by atoms with E-state index in [2.05, 4.69) is 5.32 Å². The van der Waals surface area contributed by atoms with Crippen LogP contribution in [-0.2, 0) is 0 Å². The first-order valence-electron chi connectivity index (χ1n) is 8.16. The van der Waals surface area contributed by atoms with Crippen molar-refractivity contribution in [1.82, 2.24) is 9.88 Å². The van der Waals surface area contributed by atoms with Gasteiger partial charge in [0, 0.05) is 16.5 Å². The molecule has 6 nitrogen and oxygen atoms in total. The second kappa shape index (κ2) is 6.44. The molecule has 2 amide bonds. The summed E-state index contributed by atoms with van der Waals surface area (Å²) in [7, 11) is 0. The van der Waals surface area contributed by atoms with Crippen molar-refractivity contribution in [3.63, 3.8) is 0 Å². The highest BCUT2D eigenvalue weighted by molar-refractivity contribution is 7.98. The zero-order valence-corrected chi connectivity index (χ0v) is 15.2. The molecule has 0 unspecified atom stereocenters. The monoisotopic (exact) mass is 377 g/mol. The number of pyridine rings is 1. The number of thioether (sulfide) groups is 1. The van der Waals surface area contributed by atoms with Gasteiger partial charge in [-0.2, -0.15) is 0 Å². The van der Waals surface area contributed by atoms with Crippen molar-refractivity contribution in [3.05, 3.63) is 76.1 Å². The highest BCUT2D eigenvalue weighted by atomic mass is 32.2. The van der Waals surface area contributed by atoms with Gasteiger partial charge < -0.3 is 5.73 Å². The van der Waals surface area contributed by atoms with Crippen LogP contribution in [0.4, 0.5) is 5.82 Å². The highest BCUT2D eigenvalue weighted by Crippen LogP contribution is 2.30. The maximum absolute atomic E-state index is 12.7. The Bertz CT molecular complexity index is 1150. The number of aromatic nitrogens is 1. The van der Waals surface area contributed by atoms with Gasteiger partial charge in [-0.05, 0) is 30.0 Å². The number of rotatable bonds is 3. The van der Waals surface area contributed by atoms with Gasteiger partial charge in [0.05, 0.1) is 16.8 Å². The van der Waals surface area contributed by atoms with Gasteiger partial charge in [0.2, 0.25) is 0 Å². The normalized spacial score (nSPS) is 12.8. The zero-order valence-electron chi connectivity index (χ0n) is 14.4. The molecule has 0 bridgehead atoms. The van der Waals surface area contributed by atoms with Crippen LogP contribution in [0.15, 0.2) is 64.3 Å². The number of imide groups is 1. The van der Waals surface area contributed by atoms with Crippen LogP contribution in [0.1, 0.15) is 20.7 Å². The number of anilines is 1. The smallest absolute Gasteiger partial charge is 0.262 e. The Morgan fingerprint density at radius 1 is 0.926 bits per heavy atom. The average molecular weight is 377 g/mol. The van der Waals surface area contributed by atoms with Crippen molar-refractivity contribution in [2.75, 3.05) is 12.0 Å². The SMILES string of the molecule is CSc1ccc(-c2ccccc2-n2c(N)c3c(cc2=O)C(=O)NC3=O)cc1. The lowest BCUT2D eigenvalue weighted by molar-refractivity contribution is 0.0880. The largest absolute Gasteiger partial charge is 0.384 e. The molecule has 0 spiro atoms. The summed E-state index contributed by atoms with van der Waals surface area (Å²) in [6, 6.07) is 16.4. The van der Waals surface area contributed by atoms with E-state index in [-0.39, 0.29) is 16.9 Å². The number of hydrogen-bond donors (Lipinski definition) is 2. The lowest BCUT2D eigenvalue weighted by Crippen LogP contribution is -2.24.